The van der Waals surface area contributed by atoms with Crippen molar-refractivity contribution in [3.8, 4) is 0 Å². The Morgan fingerprint density at radius 2 is 2.38 bits per heavy atom. The van der Waals surface area contributed by atoms with E-state index in [9.17, 15) is 4.79 Å². The van der Waals surface area contributed by atoms with Crippen molar-refractivity contribution in [2.75, 3.05) is 13.2 Å². The number of amides is 1. The van der Waals surface area contributed by atoms with Gasteiger partial charge in [0.25, 0.3) is 0 Å². The van der Waals surface area contributed by atoms with Gasteiger partial charge >= 0.3 is 6.09 Å². The number of hydrogen-bond acceptors (Lipinski definition) is 3. The summed E-state index contributed by atoms with van der Waals surface area (Å²) < 4.78 is 10.3. The van der Waals surface area contributed by atoms with Crippen LogP contribution in [0.3, 0.4) is 0 Å². The summed E-state index contributed by atoms with van der Waals surface area (Å²) in [7, 11) is 0. The summed E-state index contributed by atoms with van der Waals surface area (Å²) in [5.41, 5.74) is 0.0105. The summed E-state index contributed by atoms with van der Waals surface area (Å²) in [5, 5.41) is 2.84. The second kappa shape index (κ2) is 3.18. The fourth-order valence-electron chi connectivity index (χ4n) is 1.35. The number of nitrogens with one attached hydrogen (secondary N) is 1. The van der Waals surface area contributed by atoms with E-state index in [0.717, 1.165) is 19.3 Å². The number of alkyl carbamates (subject to hydrolysis) is 1. The van der Waals surface area contributed by atoms with Crippen LogP contribution in [0, 0.1) is 0 Å². The Hall–Kier alpha value is -0.770. The van der Waals surface area contributed by atoms with Crippen LogP contribution >= 0.6 is 0 Å². The van der Waals surface area contributed by atoms with E-state index in [-0.39, 0.29) is 17.7 Å². The first-order valence-corrected chi connectivity index (χ1v) is 4.74. The van der Waals surface area contributed by atoms with Gasteiger partial charge in [0.1, 0.15) is 6.10 Å². The molecule has 2 aliphatic rings. The van der Waals surface area contributed by atoms with Crippen LogP contribution in [-0.4, -0.2) is 30.9 Å². The van der Waals surface area contributed by atoms with Gasteiger partial charge in [0.2, 0.25) is 0 Å². The molecule has 1 aliphatic carbocycles. The Bertz CT molecular complexity index is 207. The van der Waals surface area contributed by atoms with Crippen molar-refractivity contribution in [1.29, 1.82) is 0 Å². The first kappa shape index (κ1) is 8.81. The van der Waals surface area contributed by atoms with Crippen molar-refractivity contribution >= 4 is 6.09 Å². The zero-order chi connectivity index (χ0) is 9.31. The van der Waals surface area contributed by atoms with E-state index in [1.165, 1.54) is 0 Å². The summed E-state index contributed by atoms with van der Waals surface area (Å²) in [4.78, 5) is 11.3. The third-order valence-electron chi connectivity index (χ3n) is 2.57. The molecule has 0 unspecified atom stereocenters. The summed E-state index contributed by atoms with van der Waals surface area (Å²) in [6.07, 6.45) is 2.61. The second-order valence-corrected chi connectivity index (χ2v) is 4.08. The van der Waals surface area contributed by atoms with E-state index >= 15 is 0 Å². The fourth-order valence-corrected chi connectivity index (χ4v) is 1.35. The van der Waals surface area contributed by atoms with Crippen molar-refractivity contribution in [1.82, 2.24) is 5.32 Å². The predicted molar refractivity (Wildman–Crippen MR) is 46.5 cm³/mol. The molecule has 1 N–H and O–H groups in total. The molecule has 2 fully saturated rings. The molecule has 0 radical (unpaired) electrons. The maximum atomic E-state index is 11.3. The Balaban J connectivity index is 1.71. The fraction of sp³-hybridized carbons (Fsp3) is 0.889. The van der Waals surface area contributed by atoms with Crippen molar-refractivity contribution in [3.63, 3.8) is 0 Å². The average molecular weight is 185 g/mol. The van der Waals surface area contributed by atoms with Crippen LogP contribution in [0.2, 0.25) is 0 Å². The lowest BCUT2D eigenvalue weighted by molar-refractivity contribution is 0.0806. The number of carbonyl (C=O) groups is 1. The normalized spacial score (nSPS) is 29.8. The maximum Gasteiger partial charge on any atom is 0.407 e. The van der Waals surface area contributed by atoms with E-state index in [1.54, 1.807) is 0 Å². The molecule has 1 heterocycles. The Kier molecular flexibility index (Phi) is 2.15. The third-order valence-corrected chi connectivity index (χ3v) is 2.57. The second-order valence-electron chi connectivity index (χ2n) is 4.08. The van der Waals surface area contributed by atoms with Crippen LogP contribution in [0.5, 0.6) is 0 Å². The highest BCUT2D eigenvalue weighted by Gasteiger charge is 2.39. The predicted octanol–water partition coefficient (Wildman–Crippen LogP) is 1.05. The smallest absolute Gasteiger partial charge is 0.407 e. The van der Waals surface area contributed by atoms with Crippen LogP contribution in [0.1, 0.15) is 26.2 Å². The van der Waals surface area contributed by atoms with E-state index < -0.39 is 0 Å². The lowest BCUT2D eigenvalue weighted by atomic mass is 10.3. The summed E-state index contributed by atoms with van der Waals surface area (Å²) in [6, 6.07) is 0. The Labute approximate surface area is 77.6 Å². The summed E-state index contributed by atoms with van der Waals surface area (Å²) in [5.74, 6) is 0. The van der Waals surface area contributed by atoms with E-state index in [0.29, 0.717) is 13.2 Å². The Morgan fingerprint density at radius 3 is 2.92 bits per heavy atom. The van der Waals surface area contributed by atoms with Crippen LogP contribution < -0.4 is 5.32 Å². The average Bonchev–Trinajstić information content (AvgIpc) is 2.61. The first-order chi connectivity index (χ1) is 6.18. The van der Waals surface area contributed by atoms with Crippen molar-refractivity contribution in [2.24, 2.45) is 0 Å². The number of carbonyl (C=O) groups excluding carboxylic acids is 1. The molecule has 0 aromatic carbocycles. The molecule has 0 aromatic rings. The number of hydrogen-bond donors (Lipinski definition) is 1. The minimum Gasteiger partial charge on any atom is -0.444 e. The van der Waals surface area contributed by atoms with Gasteiger partial charge in [-0.3, -0.25) is 0 Å². The first-order valence-electron chi connectivity index (χ1n) is 4.74. The van der Waals surface area contributed by atoms with Gasteiger partial charge in [0, 0.05) is 12.0 Å². The van der Waals surface area contributed by atoms with Gasteiger partial charge in [0.05, 0.1) is 13.2 Å². The van der Waals surface area contributed by atoms with Gasteiger partial charge in [0.15, 0.2) is 0 Å². The van der Waals surface area contributed by atoms with E-state index in [1.807, 2.05) is 6.92 Å². The molecule has 74 valence electrons. The minimum absolute atomic E-state index is 0.0105. The molecule has 13 heavy (non-hydrogen) atoms. The quantitative estimate of drug-likeness (QED) is 0.699. The van der Waals surface area contributed by atoms with E-state index in [4.69, 9.17) is 9.47 Å². The zero-order valence-corrected chi connectivity index (χ0v) is 7.84. The molecule has 0 spiro atoms. The van der Waals surface area contributed by atoms with Crippen LogP contribution in [0.15, 0.2) is 0 Å². The van der Waals surface area contributed by atoms with Crippen molar-refractivity contribution in [2.45, 2.75) is 37.8 Å². The lowest BCUT2D eigenvalue weighted by Crippen LogP contribution is -2.37. The summed E-state index contributed by atoms with van der Waals surface area (Å²) >= 11 is 0. The zero-order valence-electron chi connectivity index (χ0n) is 7.84. The van der Waals surface area contributed by atoms with E-state index in [2.05, 4.69) is 5.32 Å². The molecule has 4 nitrogen and oxygen atoms in total. The van der Waals surface area contributed by atoms with Crippen molar-refractivity contribution in [3.05, 3.63) is 0 Å². The monoisotopic (exact) mass is 185 g/mol. The molecule has 2 rings (SSSR count). The molecular formula is C9H15NO3. The van der Waals surface area contributed by atoms with Gasteiger partial charge < -0.3 is 14.8 Å². The molecule has 1 saturated heterocycles. The number of rotatable bonds is 2. The largest absolute Gasteiger partial charge is 0.444 e. The van der Waals surface area contributed by atoms with Gasteiger partial charge in [-0.1, -0.05) is 0 Å². The standard InChI is InChI=1S/C9H15NO3/c1-9(3-4-9)10-8(11)13-7-2-5-12-6-7/h7H,2-6H2,1H3,(H,10,11)/t7-/m0/s1. The molecule has 1 saturated carbocycles. The highest BCUT2D eigenvalue weighted by molar-refractivity contribution is 5.69. The van der Waals surface area contributed by atoms with Gasteiger partial charge in [-0.15, -0.1) is 0 Å². The maximum absolute atomic E-state index is 11.3. The van der Waals surface area contributed by atoms with Crippen LogP contribution in [-0.2, 0) is 9.47 Å². The van der Waals surface area contributed by atoms with Crippen LogP contribution in [0.4, 0.5) is 4.79 Å². The molecule has 1 amide bonds. The van der Waals surface area contributed by atoms with Crippen molar-refractivity contribution < 1.29 is 14.3 Å². The van der Waals surface area contributed by atoms with Gasteiger partial charge in [-0.2, -0.15) is 0 Å². The third kappa shape index (κ3) is 2.34. The molecule has 4 heteroatoms. The summed E-state index contributed by atoms with van der Waals surface area (Å²) in [6.45, 7) is 3.28. The highest BCUT2D eigenvalue weighted by atomic mass is 16.6. The topological polar surface area (TPSA) is 47.6 Å². The molecule has 0 bridgehead atoms. The molecule has 1 aliphatic heterocycles. The lowest BCUT2D eigenvalue weighted by Gasteiger charge is -2.14. The highest BCUT2D eigenvalue weighted by Crippen LogP contribution is 2.34. The van der Waals surface area contributed by atoms with Crippen LogP contribution in [0.25, 0.3) is 0 Å². The molecule has 1 atom stereocenters. The van der Waals surface area contributed by atoms with Gasteiger partial charge in [-0.25, -0.2) is 4.79 Å². The van der Waals surface area contributed by atoms with Gasteiger partial charge in [-0.05, 0) is 19.8 Å². The molecule has 0 aromatic heterocycles. The molecular weight excluding hydrogens is 170 g/mol. The Morgan fingerprint density at radius 1 is 1.62 bits per heavy atom. The SMILES string of the molecule is CC1(NC(=O)O[C@H]2CCOC2)CC1. The number of ether oxygens (including phenoxy) is 2. The minimum atomic E-state index is -0.296.